The number of aromatic carboxylic acids is 1. The normalized spacial score (nSPS) is 21.2. The minimum atomic E-state index is -0.879. The zero-order chi connectivity index (χ0) is 14.4. The van der Waals surface area contributed by atoms with Gasteiger partial charge in [-0.25, -0.2) is 4.79 Å². The summed E-state index contributed by atoms with van der Waals surface area (Å²) < 4.78 is 0.527. The van der Waals surface area contributed by atoms with Gasteiger partial charge in [0.1, 0.15) is 0 Å². The zero-order valence-electron chi connectivity index (χ0n) is 11.3. The first-order valence-electron chi connectivity index (χ1n) is 6.86. The fourth-order valence-corrected chi connectivity index (χ4v) is 5.70. The van der Waals surface area contributed by atoms with Crippen molar-refractivity contribution >= 4 is 29.5 Å². The summed E-state index contributed by atoms with van der Waals surface area (Å²) in [6, 6.07) is 8.30. The summed E-state index contributed by atoms with van der Waals surface area (Å²) in [7, 11) is 0. The second-order valence-corrected chi connectivity index (χ2v) is 8.23. The Morgan fingerprint density at radius 2 is 1.65 bits per heavy atom. The third-order valence-electron chi connectivity index (χ3n) is 3.55. The fourth-order valence-electron chi connectivity index (χ4n) is 2.41. The first-order valence-corrected chi connectivity index (χ1v) is 8.83. The molecule has 0 amide bonds. The van der Waals surface area contributed by atoms with E-state index in [4.69, 9.17) is 5.11 Å². The molecular formula is C15H20O3S2. The SMILES string of the molecule is O=C(O)c1ccccc1.OC1CCC2(CC1)SCCS2. The smallest absolute Gasteiger partial charge is 0.335 e. The second-order valence-electron chi connectivity index (χ2n) is 5.01. The highest BCUT2D eigenvalue weighted by Crippen LogP contribution is 2.52. The summed E-state index contributed by atoms with van der Waals surface area (Å²) in [6.45, 7) is 0. The van der Waals surface area contributed by atoms with E-state index in [1.54, 1.807) is 30.3 Å². The van der Waals surface area contributed by atoms with Crippen LogP contribution in [0, 0.1) is 0 Å². The van der Waals surface area contributed by atoms with Gasteiger partial charge in [0.05, 0.1) is 15.7 Å². The molecule has 3 rings (SSSR count). The van der Waals surface area contributed by atoms with E-state index < -0.39 is 5.97 Å². The lowest BCUT2D eigenvalue weighted by atomic mass is 9.97. The highest BCUT2D eigenvalue weighted by molar-refractivity contribution is 8.21. The molecule has 110 valence electrons. The molecule has 1 saturated carbocycles. The number of thioether (sulfide) groups is 2. The largest absolute Gasteiger partial charge is 0.478 e. The molecule has 1 saturated heterocycles. The van der Waals surface area contributed by atoms with E-state index in [0.717, 1.165) is 12.8 Å². The van der Waals surface area contributed by atoms with Crippen LogP contribution in [0.4, 0.5) is 0 Å². The lowest BCUT2D eigenvalue weighted by Crippen LogP contribution is -2.27. The average molecular weight is 312 g/mol. The molecular weight excluding hydrogens is 292 g/mol. The molecule has 2 N–H and O–H groups in total. The van der Waals surface area contributed by atoms with Crippen LogP contribution in [0.5, 0.6) is 0 Å². The van der Waals surface area contributed by atoms with Crippen molar-refractivity contribution in [2.24, 2.45) is 0 Å². The van der Waals surface area contributed by atoms with Crippen molar-refractivity contribution in [3.8, 4) is 0 Å². The standard InChI is InChI=1S/C8H14OS2.C7H6O2/c9-7-1-3-8(4-2-7)10-5-6-11-8;8-7(9)6-4-2-1-3-5-6/h7,9H,1-6H2;1-5H,(H,8,9). The molecule has 0 unspecified atom stereocenters. The van der Waals surface area contributed by atoms with Crippen LogP contribution in [0.3, 0.4) is 0 Å². The number of hydrogen-bond donors (Lipinski definition) is 2. The fraction of sp³-hybridized carbons (Fsp3) is 0.533. The quantitative estimate of drug-likeness (QED) is 0.831. The molecule has 0 bridgehead atoms. The van der Waals surface area contributed by atoms with Crippen LogP contribution in [0.2, 0.25) is 0 Å². The maximum atomic E-state index is 10.2. The van der Waals surface area contributed by atoms with Gasteiger partial charge in [-0.05, 0) is 37.8 Å². The van der Waals surface area contributed by atoms with Crippen LogP contribution in [0.15, 0.2) is 30.3 Å². The molecule has 1 spiro atoms. The number of carboxylic acids is 1. The molecule has 3 nitrogen and oxygen atoms in total. The van der Waals surface area contributed by atoms with Crippen molar-refractivity contribution < 1.29 is 15.0 Å². The minimum absolute atomic E-state index is 0.00225. The Morgan fingerprint density at radius 1 is 1.10 bits per heavy atom. The van der Waals surface area contributed by atoms with Gasteiger partial charge in [0, 0.05) is 11.5 Å². The van der Waals surface area contributed by atoms with E-state index in [9.17, 15) is 9.90 Å². The molecule has 2 fully saturated rings. The Labute approximate surface area is 128 Å². The maximum absolute atomic E-state index is 10.2. The maximum Gasteiger partial charge on any atom is 0.335 e. The predicted molar refractivity (Wildman–Crippen MR) is 85.5 cm³/mol. The lowest BCUT2D eigenvalue weighted by Gasteiger charge is -2.33. The van der Waals surface area contributed by atoms with Gasteiger partial charge in [-0.2, -0.15) is 0 Å². The van der Waals surface area contributed by atoms with Crippen LogP contribution in [0.25, 0.3) is 0 Å². The molecule has 20 heavy (non-hydrogen) atoms. The topological polar surface area (TPSA) is 57.5 Å². The third-order valence-corrected chi connectivity index (χ3v) is 7.20. The zero-order valence-corrected chi connectivity index (χ0v) is 13.0. The Morgan fingerprint density at radius 3 is 2.10 bits per heavy atom. The number of benzene rings is 1. The highest BCUT2D eigenvalue weighted by atomic mass is 32.2. The van der Waals surface area contributed by atoms with Crippen molar-refractivity contribution in [3.05, 3.63) is 35.9 Å². The third kappa shape index (κ3) is 4.43. The number of carbonyl (C=O) groups is 1. The van der Waals surface area contributed by atoms with E-state index in [0.29, 0.717) is 9.64 Å². The minimum Gasteiger partial charge on any atom is -0.478 e. The van der Waals surface area contributed by atoms with Crippen molar-refractivity contribution in [2.45, 2.75) is 35.9 Å². The van der Waals surface area contributed by atoms with Crippen molar-refractivity contribution in [1.82, 2.24) is 0 Å². The summed E-state index contributed by atoms with van der Waals surface area (Å²) in [5.41, 5.74) is 0.331. The van der Waals surface area contributed by atoms with Crippen molar-refractivity contribution in [1.29, 1.82) is 0 Å². The molecule has 1 aliphatic carbocycles. The van der Waals surface area contributed by atoms with Gasteiger partial charge in [-0.3, -0.25) is 0 Å². The van der Waals surface area contributed by atoms with Gasteiger partial charge >= 0.3 is 5.97 Å². The molecule has 0 atom stereocenters. The average Bonchev–Trinajstić information content (AvgIpc) is 2.93. The van der Waals surface area contributed by atoms with Gasteiger partial charge in [0.25, 0.3) is 0 Å². The number of rotatable bonds is 1. The Bertz CT molecular complexity index is 420. The van der Waals surface area contributed by atoms with Crippen LogP contribution in [-0.4, -0.2) is 37.9 Å². The Hall–Kier alpha value is -0.650. The van der Waals surface area contributed by atoms with E-state index in [1.807, 2.05) is 0 Å². The molecule has 5 heteroatoms. The summed E-state index contributed by atoms with van der Waals surface area (Å²) >= 11 is 4.24. The van der Waals surface area contributed by atoms with Crippen molar-refractivity contribution in [3.63, 3.8) is 0 Å². The summed E-state index contributed by atoms with van der Waals surface area (Å²) in [4.78, 5) is 10.2. The van der Waals surface area contributed by atoms with Crippen LogP contribution in [-0.2, 0) is 0 Å². The summed E-state index contributed by atoms with van der Waals surface area (Å²) in [6.07, 6.45) is 4.51. The Balaban J connectivity index is 0.000000151. The lowest BCUT2D eigenvalue weighted by molar-refractivity contribution is 0.0697. The van der Waals surface area contributed by atoms with E-state index in [2.05, 4.69) is 23.5 Å². The molecule has 0 radical (unpaired) electrons. The van der Waals surface area contributed by atoms with E-state index in [-0.39, 0.29) is 6.10 Å². The Kier molecular flexibility index (Phi) is 5.81. The number of aliphatic hydroxyl groups excluding tert-OH is 1. The second kappa shape index (κ2) is 7.38. The van der Waals surface area contributed by atoms with Gasteiger partial charge in [0.2, 0.25) is 0 Å². The van der Waals surface area contributed by atoms with Gasteiger partial charge in [-0.15, -0.1) is 23.5 Å². The van der Waals surface area contributed by atoms with Gasteiger partial charge < -0.3 is 10.2 Å². The monoisotopic (exact) mass is 312 g/mol. The van der Waals surface area contributed by atoms with Gasteiger partial charge in [-0.1, -0.05) is 18.2 Å². The molecule has 1 aromatic carbocycles. The summed E-state index contributed by atoms with van der Waals surface area (Å²) in [5, 5.41) is 17.7. The van der Waals surface area contributed by atoms with Gasteiger partial charge in [0.15, 0.2) is 0 Å². The number of aliphatic hydroxyl groups is 1. The molecule has 1 aliphatic heterocycles. The predicted octanol–water partition coefficient (Wildman–Crippen LogP) is 3.48. The van der Waals surface area contributed by atoms with E-state index in [1.165, 1.54) is 24.3 Å². The molecule has 2 aliphatic rings. The van der Waals surface area contributed by atoms with Crippen LogP contribution in [0.1, 0.15) is 36.0 Å². The van der Waals surface area contributed by atoms with Crippen LogP contribution < -0.4 is 0 Å². The molecule has 0 aromatic heterocycles. The highest BCUT2D eigenvalue weighted by Gasteiger charge is 2.38. The molecule has 1 heterocycles. The van der Waals surface area contributed by atoms with Crippen molar-refractivity contribution in [2.75, 3.05) is 11.5 Å². The number of carboxylic acid groups (broad SMARTS) is 1. The first-order chi connectivity index (χ1) is 9.61. The molecule has 1 aromatic rings. The first kappa shape index (κ1) is 15.7. The number of hydrogen-bond acceptors (Lipinski definition) is 4. The summed E-state index contributed by atoms with van der Waals surface area (Å²) in [5.74, 6) is 1.76. The van der Waals surface area contributed by atoms with E-state index >= 15 is 0 Å². The van der Waals surface area contributed by atoms with Crippen LogP contribution >= 0.6 is 23.5 Å².